The van der Waals surface area contributed by atoms with Crippen molar-refractivity contribution in [3.63, 3.8) is 0 Å². The molecule has 0 bridgehead atoms. The van der Waals surface area contributed by atoms with Crippen LogP contribution in [-0.4, -0.2) is 16.0 Å². The van der Waals surface area contributed by atoms with E-state index in [0.717, 1.165) is 0 Å². The van der Waals surface area contributed by atoms with Gasteiger partial charge in [0.05, 0.1) is 28.5 Å². The number of benzene rings is 1. The van der Waals surface area contributed by atoms with Gasteiger partial charge in [-0.1, -0.05) is 0 Å². The summed E-state index contributed by atoms with van der Waals surface area (Å²) in [5, 5.41) is 28.3. The molecule has 0 heterocycles. The van der Waals surface area contributed by atoms with Gasteiger partial charge in [-0.15, -0.1) is 11.6 Å². The lowest BCUT2D eigenvalue weighted by Crippen LogP contribution is -2.07. The Bertz CT molecular complexity index is 522. The summed E-state index contributed by atoms with van der Waals surface area (Å²) in [6.07, 6.45) is -0.568. The molecule has 1 aromatic carbocycles. The Morgan fingerprint density at radius 1 is 1.59 bits per heavy atom. The molecule has 7 heteroatoms. The third kappa shape index (κ3) is 2.92. The number of alkyl halides is 1. The molecule has 0 aliphatic rings. The number of carboxylic acids is 1. The summed E-state index contributed by atoms with van der Waals surface area (Å²) in [5.74, 6) is -1.22. The molecular formula is C10H7ClN2O4. The van der Waals surface area contributed by atoms with Gasteiger partial charge in [-0.2, -0.15) is 5.26 Å². The van der Waals surface area contributed by atoms with Crippen LogP contribution in [0.2, 0.25) is 0 Å². The molecule has 0 unspecified atom stereocenters. The number of aliphatic carboxylic acids is 1. The minimum Gasteiger partial charge on any atom is -0.481 e. The summed E-state index contributed by atoms with van der Waals surface area (Å²) in [4.78, 5) is 20.7. The van der Waals surface area contributed by atoms with Crippen molar-refractivity contribution in [2.75, 3.05) is 0 Å². The van der Waals surface area contributed by atoms with Gasteiger partial charge in [-0.25, -0.2) is 0 Å². The molecule has 0 fully saturated rings. The van der Waals surface area contributed by atoms with Gasteiger partial charge < -0.3 is 5.11 Å². The Labute approximate surface area is 101 Å². The van der Waals surface area contributed by atoms with Gasteiger partial charge in [-0.05, 0) is 11.6 Å². The van der Waals surface area contributed by atoms with Crippen LogP contribution in [0.25, 0.3) is 0 Å². The van der Waals surface area contributed by atoms with E-state index in [1.165, 1.54) is 12.1 Å². The number of nitro benzene ring substituents is 1. The molecule has 0 aliphatic heterocycles. The van der Waals surface area contributed by atoms with Crippen molar-refractivity contribution in [3.05, 3.63) is 38.9 Å². The lowest BCUT2D eigenvalue weighted by Gasteiger charge is -2.05. The number of halogens is 1. The highest BCUT2D eigenvalue weighted by atomic mass is 35.5. The van der Waals surface area contributed by atoms with E-state index < -0.39 is 17.3 Å². The average Bonchev–Trinajstić information content (AvgIpc) is 2.28. The predicted octanol–water partition coefficient (Wildman–Crippen LogP) is 1.83. The first-order chi connectivity index (χ1) is 7.99. The fraction of sp³-hybridized carbons (Fsp3) is 0.200. The van der Waals surface area contributed by atoms with Crippen molar-refractivity contribution < 1.29 is 14.8 Å². The van der Waals surface area contributed by atoms with E-state index in [4.69, 9.17) is 22.0 Å². The molecular weight excluding hydrogens is 248 g/mol. The summed E-state index contributed by atoms with van der Waals surface area (Å²) in [6, 6.07) is 4.29. The largest absolute Gasteiger partial charge is 0.481 e. The van der Waals surface area contributed by atoms with Crippen LogP contribution in [0.5, 0.6) is 0 Å². The van der Waals surface area contributed by atoms with Crippen molar-refractivity contribution in [1.29, 1.82) is 5.26 Å². The Morgan fingerprint density at radius 2 is 2.24 bits per heavy atom. The average molecular weight is 255 g/mol. The minimum atomic E-state index is -1.23. The maximum absolute atomic E-state index is 10.8. The topological polar surface area (TPSA) is 104 Å². The summed E-state index contributed by atoms with van der Waals surface area (Å²) < 4.78 is 0. The lowest BCUT2D eigenvalue weighted by atomic mass is 10.0. The third-order valence-electron chi connectivity index (χ3n) is 2.09. The molecule has 1 aromatic rings. The van der Waals surface area contributed by atoms with Crippen LogP contribution in [0.4, 0.5) is 5.69 Å². The number of hydrogen-bond acceptors (Lipinski definition) is 4. The lowest BCUT2D eigenvalue weighted by molar-refractivity contribution is -0.385. The number of hydrogen-bond donors (Lipinski definition) is 1. The van der Waals surface area contributed by atoms with Gasteiger partial charge in [-0.3, -0.25) is 14.9 Å². The van der Waals surface area contributed by atoms with Crippen LogP contribution in [0, 0.1) is 21.4 Å². The second kappa shape index (κ2) is 5.27. The standard InChI is InChI=1S/C10H7ClN2O4/c11-4-6-1-7(5-12)8(3-10(14)15)9(2-6)13(16)17/h1-2H,3-4H2,(H,14,15). The van der Waals surface area contributed by atoms with Crippen molar-refractivity contribution in [2.45, 2.75) is 12.3 Å². The Morgan fingerprint density at radius 3 is 2.65 bits per heavy atom. The molecule has 0 radical (unpaired) electrons. The number of rotatable bonds is 4. The van der Waals surface area contributed by atoms with Gasteiger partial charge in [0.15, 0.2) is 0 Å². The van der Waals surface area contributed by atoms with Gasteiger partial charge in [0.2, 0.25) is 0 Å². The van der Waals surface area contributed by atoms with Gasteiger partial charge in [0.1, 0.15) is 0 Å². The maximum atomic E-state index is 10.8. The summed E-state index contributed by atoms with van der Waals surface area (Å²) >= 11 is 5.54. The molecule has 0 saturated heterocycles. The number of nitro groups is 1. The van der Waals surface area contributed by atoms with Gasteiger partial charge in [0, 0.05) is 11.9 Å². The summed E-state index contributed by atoms with van der Waals surface area (Å²) in [5.41, 5.74) is -0.109. The fourth-order valence-corrected chi connectivity index (χ4v) is 1.55. The number of nitrogens with zero attached hydrogens (tertiary/aromatic N) is 2. The molecule has 0 saturated carbocycles. The summed E-state index contributed by atoms with van der Waals surface area (Å²) in [7, 11) is 0. The normalized spacial score (nSPS) is 9.65. The van der Waals surface area contributed by atoms with Gasteiger partial charge >= 0.3 is 5.97 Å². The van der Waals surface area contributed by atoms with Gasteiger partial charge in [0.25, 0.3) is 5.69 Å². The van der Waals surface area contributed by atoms with Crippen LogP contribution in [0.1, 0.15) is 16.7 Å². The van der Waals surface area contributed by atoms with Crippen LogP contribution in [-0.2, 0) is 17.1 Å². The van der Waals surface area contributed by atoms with Crippen molar-refractivity contribution in [1.82, 2.24) is 0 Å². The van der Waals surface area contributed by atoms with Crippen LogP contribution in [0.3, 0.4) is 0 Å². The molecule has 1 rings (SSSR count). The van der Waals surface area contributed by atoms with E-state index in [0.29, 0.717) is 5.56 Å². The second-order valence-corrected chi connectivity index (χ2v) is 3.48. The van der Waals surface area contributed by atoms with E-state index in [1.807, 2.05) is 0 Å². The zero-order valence-electron chi connectivity index (χ0n) is 8.51. The zero-order chi connectivity index (χ0) is 13.0. The molecule has 0 aromatic heterocycles. The number of carboxylic acid groups (broad SMARTS) is 1. The molecule has 0 amide bonds. The highest BCUT2D eigenvalue weighted by Crippen LogP contribution is 2.26. The fourth-order valence-electron chi connectivity index (χ4n) is 1.39. The van der Waals surface area contributed by atoms with Crippen molar-refractivity contribution in [3.8, 4) is 6.07 Å². The molecule has 0 atom stereocenters. The molecule has 0 spiro atoms. The molecule has 0 aliphatic carbocycles. The van der Waals surface area contributed by atoms with Crippen LogP contribution >= 0.6 is 11.6 Å². The van der Waals surface area contributed by atoms with E-state index in [-0.39, 0.29) is 22.7 Å². The zero-order valence-corrected chi connectivity index (χ0v) is 9.27. The monoisotopic (exact) mass is 254 g/mol. The third-order valence-corrected chi connectivity index (χ3v) is 2.39. The quantitative estimate of drug-likeness (QED) is 0.501. The van der Waals surface area contributed by atoms with Crippen LogP contribution < -0.4 is 0 Å². The van der Waals surface area contributed by atoms with E-state index in [2.05, 4.69) is 0 Å². The number of nitriles is 1. The van der Waals surface area contributed by atoms with Crippen molar-refractivity contribution >= 4 is 23.3 Å². The molecule has 88 valence electrons. The Balaban J connectivity index is 3.47. The Kier molecular flexibility index (Phi) is 4.01. The smallest absolute Gasteiger partial charge is 0.308 e. The molecule has 1 N–H and O–H groups in total. The first-order valence-electron chi connectivity index (χ1n) is 4.47. The first-order valence-corrected chi connectivity index (χ1v) is 5.01. The first kappa shape index (κ1) is 12.9. The SMILES string of the molecule is N#Cc1cc(CCl)cc([N+](=O)[O-])c1CC(=O)O. The minimum absolute atomic E-state index is 0.0167. The molecule has 17 heavy (non-hydrogen) atoms. The van der Waals surface area contributed by atoms with Crippen molar-refractivity contribution in [2.24, 2.45) is 0 Å². The Hall–Kier alpha value is -2.13. The van der Waals surface area contributed by atoms with E-state index in [1.54, 1.807) is 6.07 Å². The number of carbonyl (C=O) groups is 1. The predicted molar refractivity (Wildman–Crippen MR) is 58.7 cm³/mol. The highest BCUT2D eigenvalue weighted by molar-refractivity contribution is 6.17. The van der Waals surface area contributed by atoms with Crippen LogP contribution in [0.15, 0.2) is 12.1 Å². The van der Waals surface area contributed by atoms with E-state index in [9.17, 15) is 14.9 Å². The van der Waals surface area contributed by atoms with E-state index >= 15 is 0 Å². The second-order valence-electron chi connectivity index (χ2n) is 3.21. The molecule has 6 nitrogen and oxygen atoms in total. The maximum Gasteiger partial charge on any atom is 0.308 e. The highest BCUT2D eigenvalue weighted by Gasteiger charge is 2.21. The summed E-state index contributed by atoms with van der Waals surface area (Å²) in [6.45, 7) is 0.